The first-order valence-corrected chi connectivity index (χ1v) is 13.6. The molecule has 0 aliphatic carbocycles. The second-order valence-electron chi connectivity index (χ2n) is 9.75. The Morgan fingerprint density at radius 2 is 1.37 bits per heavy atom. The fourth-order valence-electron chi connectivity index (χ4n) is 4.32. The molecule has 5 nitrogen and oxygen atoms in total. The average Bonchev–Trinajstić information content (AvgIpc) is 3.27. The van der Waals surface area contributed by atoms with Crippen LogP contribution in [0.4, 0.5) is 0 Å². The molecule has 0 saturated carbocycles. The lowest BCUT2D eigenvalue weighted by Crippen LogP contribution is -2.51. The number of methoxy groups -OCH3 is 1. The number of nitrogens with one attached hydrogen (secondary N) is 1. The number of rotatable bonds is 10. The number of hydrogen-bond donors (Lipinski definition) is 1. The van der Waals surface area contributed by atoms with Crippen LogP contribution in [0.5, 0.6) is 0 Å². The molecule has 0 spiro atoms. The summed E-state index contributed by atoms with van der Waals surface area (Å²) < 4.78 is 24.5. The van der Waals surface area contributed by atoms with E-state index in [0.29, 0.717) is 13.2 Å². The molecule has 1 aliphatic rings. The van der Waals surface area contributed by atoms with E-state index in [2.05, 4.69) is 86.8 Å². The summed E-state index contributed by atoms with van der Waals surface area (Å²) in [7, 11) is -0.351. The summed E-state index contributed by atoms with van der Waals surface area (Å²) in [5, 5.41) is 6.13. The lowest BCUT2D eigenvalue weighted by molar-refractivity contribution is -0.0520. The van der Waals surface area contributed by atoms with Crippen LogP contribution in [0.1, 0.15) is 26.3 Å². The molecule has 6 heteroatoms. The lowest BCUT2D eigenvalue weighted by Gasteiger charge is -2.34. The van der Waals surface area contributed by atoms with E-state index >= 15 is 0 Å². The fraction of sp³-hybridized carbons (Fsp3) is 0.310. The largest absolute Gasteiger partial charge is 0.463 e. The van der Waals surface area contributed by atoms with Crippen LogP contribution in [-0.2, 0) is 24.4 Å². The van der Waals surface area contributed by atoms with Crippen molar-refractivity contribution in [3.63, 3.8) is 0 Å². The minimum Gasteiger partial charge on any atom is -0.463 e. The van der Waals surface area contributed by atoms with Crippen molar-refractivity contribution in [1.82, 2.24) is 5.32 Å². The Labute approximate surface area is 210 Å². The van der Waals surface area contributed by atoms with Gasteiger partial charge in [0.15, 0.2) is 0 Å². The van der Waals surface area contributed by atoms with Gasteiger partial charge in [0.1, 0.15) is 12.6 Å². The highest BCUT2D eigenvalue weighted by atomic mass is 28.3. The molecule has 1 N–H and O–H groups in total. The van der Waals surface area contributed by atoms with Gasteiger partial charge in [-0.15, -0.1) is 0 Å². The fourth-order valence-corrected chi connectivity index (χ4v) is 6.64. The van der Waals surface area contributed by atoms with E-state index in [4.69, 9.17) is 18.6 Å². The van der Waals surface area contributed by atoms with E-state index in [0.717, 1.165) is 17.0 Å². The van der Waals surface area contributed by atoms with Crippen molar-refractivity contribution in [1.29, 1.82) is 0 Å². The molecule has 0 fully saturated rings. The SMILES string of the molecule is COCOCC1=C(C(C)(C)C)OC(CO[SiH](c2ccccc2)c2ccccc2)(c2ccccc2)N1. The van der Waals surface area contributed by atoms with Gasteiger partial charge in [0.2, 0.25) is 14.8 Å². The van der Waals surface area contributed by atoms with Crippen molar-refractivity contribution in [2.24, 2.45) is 5.41 Å². The zero-order valence-electron chi connectivity index (χ0n) is 21.0. The summed E-state index contributed by atoms with van der Waals surface area (Å²) in [5.74, 6) is 0.874. The highest BCUT2D eigenvalue weighted by Crippen LogP contribution is 2.41. The Balaban J connectivity index is 1.67. The van der Waals surface area contributed by atoms with Crippen LogP contribution in [0.25, 0.3) is 0 Å². The van der Waals surface area contributed by atoms with Crippen LogP contribution >= 0.6 is 0 Å². The number of benzene rings is 3. The van der Waals surface area contributed by atoms with E-state index < -0.39 is 14.8 Å². The predicted octanol–water partition coefficient (Wildman–Crippen LogP) is 3.89. The maximum Gasteiger partial charge on any atom is 0.240 e. The summed E-state index contributed by atoms with van der Waals surface area (Å²) in [6.45, 7) is 7.38. The van der Waals surface area contributed by atoms with Gasteiger partial charge in [0.25, 0.3) is 0 Å². The summed E-state index contributed by atoms with van der Waals surface area (Å²) in [4.78, 5) is 0. The number of ether oxygens (including phenoxy) is 3. The van der Waals surface area contributed by atoms with Gasteiger partial charge in [0.05, 0.1) is 18.9 Å². The Kier molecular flexibility index (Phi) is 8.08. The summed E-state index contributed by atoms with van der Waals surface area (Å²) in [6, 6.07) is 31.2. The second-order valence-corrected chi connectivity index (χ2v) is 12.2. The molecule has 1 unspecified atom stereocenters. The molecule has 0 saturated heterocycles. The van der Waals surface area contributed by atoms with Gasteiger partial charge in [-0.05, 0) is 10.4 Å². The van der Waals surface area contributed by atoms with Crippen LogP contribution < -0.4 is 15.7 Å². The van der Waals surface area contributed by atoms with Crippen molar-refractivity contribution >= 4 is 19.4 Å². The highest BCUT2D eigenvalue weighted by Gasteiger charge is 2.46. The molecule has 0 radical (unpaired) electrons. The summed E-state index contributed by atoms with van der Waals surface area (Å²) >= 11 is 0. The van der Waals surface area contributed by atoms with E-state index in [-0.39, 0.29) is 12.2 Å². The van der Waals surface area contributed by atoms with Gasteiger partial charge in [-0.3, -0.25) is 0 Å². The molecular weight excluding hydrogens is 454 g/mol. The smallest absolute Gasteiger partial charge is 0.240 e. The normalized spacial score (nSPS) is 18.0. The van der Waals surface area contributed by atoms with E-state index in [1.807, 2.05) is 30.3 Å². The molecule has 1 aliphatic heterocycles. The molecule has 35 heavy (non-hydrogen) atoms. The zero-order chi connectivity index (χ0) is 24.7. The lowest BCUT2D eigenvalue weighted by atomic mass is 9.93. The maximum absolute atomic E-state index is 6.85. The quantitative estimate of drug-likeness (QED) is 0.266. The van der Waals surface area contributed by atoms with E-state index in [1.54, 1.807) is 7.11 Å². The Morgan fingerprint density at radius 1 is 0.829 bits per heavy atom. The van der Waals surface area contributed by atoms with Gasteiger partial charge in [-0.25, -0.2) is 0 Å². The maximum atomic E-state index is 6.85. The van der Waals surface area contributed by atoms with Gasteiger partial charge in [0, 0.05) is 18.1 Å². The molecule has 4 rings (SSSR count). The molecule has 0 bridgehead atoms. The van der Waals surface area contributed by atoms with Crippen molar-refractivity contribution in [2.45, 2.75) is 26.5 Å². The predicted molar refractivity (Wildman–Crippen MR) is 142 cm³/mol. The number of hydrogen-bond acceptors (Lipinski definition) is 5. The second kappa shape index (κ2) is 11.2. The molecular formula is C29H35NO4Si. The van der Waals surface area contributed by atoms with Crippen LogP contribution in [-0.4, -0.2) is 36.2 Å². The Hall–Kier alpha value is -2.90. The van der Waals surface area contributed by atoms with Crippen molar-refractivity contribution < 1.29 is 18.6 Å². The van der Waals surface area contributed by atoms with Gasteiger partial charge in [-0.1, -0.05) is 112 Å². The first-order chi connectivity index (χ1) is 16.9. The molecule has 0 amide bonds. The van der Waals surface area contributed by atoms with Crippen molar-refractivity contribution in [3.05, 3.63) is 108 Å². The van der Waals surface area contributed by atoms with E-state index in [9.17, 15) is 0 Å². The molecule has 3 aromatic carbocycles. The van der Waals surface area contributed by atoms with Crippen LogP contribution in [0, 0.1) is 5.41 Å². The summed E-state index contributed by atoms with van der Waals surface area (Å²) in [5.41, 5.74) is 0.854. The molecule has 1 heterocycles. The summed E-state index contributed by atoms with van der Waals surface area (Å²) in [6.07, 6.45) is 0. The van der Waals surface area contributed by atoms with E-state index in [1.165, 1.54) is 10.4 Å². The first kappa shape index (κ1) is 25.2. The number of allylic oxidation sites excluding steroid dienone is 1. The molecule has 3 aromatic rings. The Bertz CT molecular complexity index is 1060. The van der Waals surface area contributed by atoms with Crippen LogP contribution in [0.2, 0.25) is 0 Å². The molecule has 1 atom stereocenters. The van der Waals surface area contributed by atoms with Crippen molar-refractivity contribution in [2.75, 3.05) is 27.1 Å². The first-order valence-electron chi connectivity index (χ1n) is 12.0. The molecule has 0 aromatic heterocycles. The van der Waals surface area contributed by atoms with Gasteiger partial charge < -0.3 is 24.0 Å². The van der Waals surface area contributed by atoms with Gasteiger partial charge >= 0.3 is 0 Å². The third kappa shape index (κ3) is 6.03. The zero-order valence-corrected chi connectivity index (χ0v) is 22.1. The third-order valence-corrected chi connectivity index (χ3v) is 8.41. The minimum atomic E-state index is -1.97. The van der Waals surface area contributed by atoms with Gasteiger partial charge in [-0.2, -0.15) is 0 Å². The molecule has 184 valence electrons. The monoisotopic (exact) mass is 489 g/mol. The minimum absolute atomic E-state index is 0.217. The highest BCUT2D eigenvalue weighted by molar-refractivity contribution is 6.80. The Morgan fingerprint density at radius 3 is 1.89 bits per heavy atom. The average molecular weight is 490 g/mol. The van der Waals surface area contributed by atoms with Crippen molar-refractivity contribution in [3.8, 4) is 0 Å². The third-order valence-electron chi connectivity index (χ3n) is 5.93. The topological polar surface area (TPSA) is 49.0 Å². The standard InChI is InChI=1S/C29H35NO4Si/c1-28(2,3)27-26(20-32-22-31-4)30-29(34-27,23-14-8-5-9-15-23)21-33-35(24-16-10-6-11-17-24)25-18-12-7-13-19-25/h5-19,30,35H,20-22H2,1-4H3. The van der Waals surface area contributed by atoms with Crippen LogP contribution in [0.15, 0.2) is 102 Å². The van der Waals surface area contributed by atoms with Crippen LogP contribution in [0.3, 0.4) is 0 Å².